The Morgan fingerprint density at radius 1 is 1.60 bits per heavy atom. The Morgan fingerprint density at radius 3 is 3.13 bits per heavy atom. The van der Waals surface area contributed by atoms with Crippen LogP contribution in [-0.2, 0) is 9.53 Å². The Labute approximate surface area is 87.9 Å². The van der Waals surface area contributed by atoms with Crippen LogP contribution in [-0.4, -0.2) is 35.5 Å². The zero-order chi connectivity index (χ0) is 10.8. The largest absolute Gasteiger partial charge is 0.496 e. The molecule has 1 fully saturated rings. The van der Waals surface area contributed by atoms with E-state index in [0.29, 0.717) is 6.61 Å². The van der Waals surface area contributed by atoms with E-state index in [4.69, 9.17) is 4.74 Å². The molecule has 5 heteroatoms. The van der Waals surface area contributed by atoms with Crippen molar-refractivity contribution >= 4 is 17.7 Å². The topological polar surface area (TPSA) is 71.2 Å². The zero-order valence-corrected chi connectivity index (χ0v) is 8.64. The number of nitrogens with zero attached hydrogens (tertiary/aromatic N) is 2. The minimum absolute atomic E-state index is 0.0116. The second kappa shape index (κ2) is 4.00. The maximum Gasteiger partial charge on any atom is 0.376 e. The molecule has 2 rings (SSSR count). The van der Waals surface area contributed by atoms with E-state index >= 15 is 0 Å². The molecule has 0 saturated heterocycles. The second-order valence-corrected chi connectivity index (χ2v) is 3.75. The van der Waals surface area contributed by atoms with Crippen LogP contribution >= 0.6 is 0 Å². The van der Waals surface area contributed by atoms with E-state index in [1.807, 2.05) is 0 Å². The molecule has 82 valence electrons. The fourth-order valence-electron chi connectivity index (χ4n) is 2.07. The molecule has 0 bridgehead atoms. The van der Waals surface area contributed by atoms with E-state index in [0.717, 1.165) is 19.3 Å². The average Bonchev–Trinajstić information content (AvgIpc) is 2.66. The van der Waals surface area contributed by atoms with Crippen molar-refractivity contribution in [1.29, 1.82) is 0 Å². The predicted molar refractivity (Wildman–Crippen MR) is 55.3 cm³/mol. The molecule has 5 nitrogen and oxygen atoms in total. The SMILES string of the molecule is CCOC(=O)C1=NC2CCCC2C(O)=N1. The fourth-order valence-corrected chi connectivity index (χ4v) is 2.07. The predicted octanol–water partition coefficient (Wildman–Crippen LogP) is 1.09. The molecule has 0 aromatic rings. The van der Waals surface area contributed by atoms with Gasteiger partial charge in [0.05, 0.1) is 18.6 Å². The quantitative estimate of drug-likeness (QED) is 0.693. The van der Waals surface area contributed by atoms with Gasteiger partial charge in [0, 0.05) is 0 Å². The summed E-state index contributed by atoms with van der Waals surface area (Å²) in [5, 5.41) is 9.63. The third-order valence-electron chi connectivity index (χ3n) is 2.78. The lowest BCUT2D eigenvalue weighted by Gasteiger charge is -2.19. The van der Waals surface area contributed by atoms with E-state index in [-0.39, 0.29) is 23.7 Å². The standard InChI is InChI=1S/C10H14N2O3/c1-2-15-10(14)8-11-7-5-3-4-6(7)9(13)12-8/h6-7H,2-5H2,1H3,(H,11,12,13). The molecule has 1 heterocycles. The highest BCUT2D eigenvalue weighted by Gasteiger charge is 2.36. The number of amidine groups is 1. The first-order chi connectivity index (χ1) is 7.22. The molecule has 15 heavy (non-hydrogen) atoms. The Bertz CT molecular complexity index is 336. The highest BCUT2D eigenvalue weighted by molar-refractivity contribution is 6.37. The molecule has 2 unspecified atom stereocenters. The summed E-state index contributed by atoms with van der Waals surface area (Å²) in [5.74, 6) is -0.481. The van der Waals surface area contributed by atoms with Crippen LogP contribution in [0.1, 0.15) is 26.2 Å². The number of fused-ring (bicyclic) bond motifs is 1. The number of carbonyl (C=O) groups is 1. The molecule has 0 radical (unpaired) electrons. The Kier molecular flexibility index (Phi) is 2.70. The van der Waals surface area contributed by atoms with Gasteiger partial charge in [-0.15, -0.1) is 0 Å². The van der Waals surface area contributed by atoms with Gasteiger partial charge in [-0.25, -0.2) is 4.79 Å². The number of hydrogen-bond donors (Lipinski definition) is 1. The maximum atomic E-state index is 11.4. The summed E-state index contributed by atoms with van der Waals surface area (Å²) in [5.41, 5.74) is 0. The van der Waals surface area contributed by atoms with Crippen LogP contribution in [0, 0.1) is 5.92 Å². The van der Waals surface area contributed by atoms with Gasteiger partial charge in [0.15, 0.2) is 5.90 Å². The first-order valence-electron chi connectivity index (χ1n) is 5.25. The summed E-state index contributed by atoms with van der Waals surface area (Å²) in [4.78, 5) is 19.4. The van der Waals surface area contributed by atoms with Gasteiger partial charge in [0.1, 0.15) is 0 Å². The Hall–Kier alpha value is -1.39. The van der Waals surface area contributed by atoms with E-state index in [1.165, 1.54) is 0 Å². The van der Waals surface area contributed by atoms with Crippen LogP contribution in [0.3, 0.4) is 0 Å². The van der Waals surface area contributed by atoms with Crippen molar-refractivity contribution in [3.05, 3.63) is 0 Å². The van der Waals surface area contributed by atoms with Gasteiger partial charge < -0.3 is 9.84 Å². The molecule has 0 aromatic heterocycles. The van der Waals surface area contributed by atoms with E-state index in [2.05, 4.69) is 9.98 Å². The van der Waals surface area contributed by atoms with Crippen molar-refractivity contribution in [2.75, 3.05) is 6.61 Å². The lowest BCUT2D eigenvalue weighted by atomic mass is 10.0. The van der Waals surface area contributed by atoms with Crippen molar-refractivity contribution in [2.45, 2.75) is 32.2 Å². The van der Waals surface area contributed by atoms with Crippen molar-refractivity contribution in [3.63, 3.8) is 0 Å². The summed E-state index contributed by atoms with van der Waals surface area (Å²) in [6.07, 6.45) is 2.83. The second-order valence-electron chi connectivity index (χ2n) is 3.75. The third-order valence-corrected chi connectivity index (χ3v) is 2.78. The van der Waals surface area contributed by atoms with Crippen molar-refractivity contribution in [3.8, 4) is 0 Å². The van der Waals surface area contributed by atoms with Gasteiger partial charge >= 0.3 is 5.97 Å². The van der Waals surface area contributed by atoms with E-state index < -0.39 is 5.97 Å². The molecule has 1 saturated carbocycles. The van der Waals surface area contributed by atoms with E-state index in [1.54, 1.807) is 6.92 Å². The van der Waals surface area contributed by atoms with Gasteiger partial charge in [0.2, 0.25) is 5.84 Å². The fraction of sp³-hybridized carbons (Fsp3) is 0.700. The molecule has 1 N–H and O–H groups in total. The zero-order valence-electron chi connectivity index (χ0n) is 8.64. The van der Waals surface area contributed by atoms with Crippen molar-refractivity contribution < 1.29 is 14.6 Å². The number of ether oxygens (including phenoxy) is 1. The Morgan fingerprint density at radius 2 is 2.40 bits per heavy atom. The molecule has 1 aliphatic heterocycles. The highest BCUT2D eigenvalue weighted by Crippen LogP contribution is 2.31. The van der Waals surface area contributed by atoms with Crippen molar-refractivity contribution in [2.24, 2.45) is 15.9 Å². The summed E-state index contributed by atoms with van der Waals surface area (Å²) >= 11 is 0. The maximum absolute atomic E-state index is 11.4. The molecular weight excluding hydrogens is 196 g/mol. The monoisotopic (exact) mass is 210 g/mol. The minimum atomic E-state index is -0.547. The number of aliphatic hydroxyl groups is 1. The summed E-state index contributed by atoms with van der Waals surface area (Å²) in [7, 11) is 0. The van der Waals surface area contributed by atoms with Crippen LogP contribution in [0.15, 0.2) is 9.98 Å². The molecule has 0 aromatic carbocycles. The molecular formula is C10H14N2O3. The van der Waals surface area contributed by atoms with Gasteiger partial charge in [-0.05, 0) is 19.8 Å². The third kappa shape index (κ3) is 1.86. The van der Waals surface area contributed by atoms with Crippen LogP contribution in [0.4, 0.5) is 0 Å². The number of rotatable bonds is 2. The number of esters is 1. The first kappa shape index (κ1) is 10.1. The van der Waals surface area contributed by atoms with Gasteiger partial charge in [-0.3, -0.25) is 4.99 Å². The highest BCUT2D eigenvalue weighted by atomic mass is 16.5. The van der Waals surface area contributed by atoms with Crippen LogP contribution in [0.5, 0.6) is 0 Å². The summed E-state index contributed by atoms with van der Waals surface area (Å²) < 4.78 is 4.79. The lowest BCUT2D eigenvalue weighted by molar-refractivity contribution is -0.135. The lowest BCUT2D eigenvalue weighted by Crippen LogP contribution is -2.31. The van der Waals surface area contributed by atoms with Crippen LogP contribution in [0.25, 0.3) is 0 Å². The average molecular weight is 210 g/mol. The van der Waals surface area contributed by atoms with Crippen LogP contribution < -0.4 is 0 Å². The Balaban J connectivity index is 2.17. The minimum Gasteiger partial charge on any atom is -0.496 e. The van der Waals surface area contributed by atoms with Crippen LogP contribution in [0.2, 0.25) is 0 Å². The molecule has 2 atom stereocenters. The first-order valence-corrected chi connectivity index (χ1v) is 5.25. The number of hydrogen-bond acceptors (Lipinski definition) is 4. The number of aliphatic hydroxyl groups excluding tert-OH is 1. The van der Waals surface area contributed by atoms with Gasteiger partial charge in [0.25, 0.3) is 0 Å². The number of aliphatic imine (C=N–C) groups is 2. The molecule has 0 spiro atoms. The molecule has 2 aliphatic rings. The normalized spacial score (nSPS) is 29.1. The smallest absolute Gasteiger partial charge is 0.376 e. The van der Waals surface area contributed by atoms with E-state index in [9.17, 15) is 9.90 Å². The molecule has 1 aliphatic carbocycles. The summed E-state index contributed by atoms with van der Waals surface area (Å²) in [6, 6.07) is 0.0157. The van der Waals surface area contributed by atoms with Gasteiger partial charge in [-0.1, -0.05) is 6.42 Å². The number of carbonyl (C=O) groups excluding carboxylic acids is 1. The van der Waals surface area contributed by atoms with Gasteiger partial charge in [-0.2, -0.15) is 4.99 Å². The summed E-state index contributed by atoms with van der Waals surface area (Å²) in [6.45, 7) is 2.02. The van der Waals surface area contributed by atoms with Crippen molar-refractivity contribution in [1.82, 2.24) is 0 Å². The molecule has 0 amide bonds.